The van der Waals surface area contributed by atoms with E-state index in [9.17, 15) is 19.8 Å². The zero-order valence-corrected chi connectivity index (χ0v) is 31.5. The number of hydroxylamine groups is 2. The van der Waals surface area contributed by atoms with Gasteiger partial charge in [-0.25, -0.2) is 0 Å². The summed E-state index contributed by atoms with van der Waals surface area (Å²) in [5.41, 5.74) is 2.51. The van der Waals surface area contributed by atoms with E-state index in [-0.39, 0.29) is 43.8 Å². The number of ether oxygens (including phenoxy) is 3. The number of amides is 2. The number of rotatable bonds is 14. The van der Waals surface area contributed by atoms with E-state index in [1.165, 1.54) is 0 Å². The minimum atomic E-state index is -0.908. The Bertz CT molecular complexity index is 1510. The number of methoxy groups -OCH3 is 1. The van der Waals surface area contributed by atoms with Crippen LogP contribution in [0.25, 0.3) is 11.1 Å². The highest BCUT2D eigenvalue weighted by Crippen LogP contribution is 2.44. The number of nitrogens with one attached hydrogen (secondary N) is 2. The number of hydrogen-bond donors (Lipinski definition) is 4. The lowest BCUT2D eigenvalue weighted by atomic mass is 9.77. The number of para-hydroxylation sites is 1. The number of carbonyl (C=O) groups excluding carboxylic acids is 2. The van der Waals surface area contributed by atoms with Gasteiger partial charge in [0.25, 0.3) is 5.91 Å². The highest BCUT2D eigenvalue weighted by atomic mass is 16.7. The maximum atomic E-state index is 14.1. The molecule has 0 bridgehead atoms. The lowest BCUT2D eigenvalue weighted by molar-refractivity contribution is -0.182. The summed E-state index contributed by atoms with van der Waals surface area (Å²) in [6, 6.07) is 8.44. The second-order valence-electron chi connectivity index (χ2n) is 15.4. The molecule has 12 heteroatoms. The van der Waals surface area contributed by atoms with Crippen LogP contribution in [0.3, 0.4) is 0 Å². The molecule has 1 saturated carbocycles. The third-order valence-electron chi connectivity index (χ3n) is 10.7. The summed E-state index contributed by atoms with van der Waals surface area (Å²) in [6.07, 6.45) is 2.22. The molecule has 4 N–H and O–H groups in total. The highest BCUT2D eigenvalue weighted by molar-refractivity contribution is 6.00. The summed E-state index contributed by atoms with van der Waals surface area (Å²) in [4.78, 5) is 36.2. The van der Waals surface area contributed by atoms with Crippen LogP contribution in [0.1, 0.15) is 76.2 Å². The van der Waals surface area contributed by atoms with E-state index in [4.69, 9.17) is 19.0 Å². The van der Waals surface area contributed by atoms with Gasteiger partial charge in [-0.15, -0.1) is 0 Å². The van der Waals surface area contributed by atoms with Gasteiger partial charge in [0.05, 0.1) is 31.9 Å². The third-order valence-corrected chi connectivity index (χ3v) is 10.7. The molecule has 0 spiro atoms. The van der Waals surface area contributed by atoms with Gasteiger partial charge in [0.1, 0.15) is 17.9 Å². The second kappa shape index (κ2) is 16.9. The van der Waals surface area contributed by atoms with Gasteiger partial charge in [0.15, 0.2) is 11.5 Å². The standard InChI is InChI=1S/C39H58N4O8/c1-22(2)15-28(19-42(6)7)40-38(46)30-16-27(17-32-37(30)50-21-49-32)29-13-10-12-26(36(29)48-8)18-43-35(34(25(5)45)33(20-44)51-43)39(47)41-31-14-9-11-23(3)24(31)4/h10,12-13,16-17,22-25,28,31,33-35,44-45H,9,11,14-15,18-21H2,1-8H3,(H,40,46)(H,41,47)/t23-,24-,25-,28-,31-,33-,34+,35-/m0/s1. The average molecular weight is 711 g/mol. The van der Waals surface area contributed by atoms with Crippen LogP contribution in [0.2, 0.25) is 0 Å². The van der Waals surface area contributed by atoms with Crippen LogP contribution >= 0.6 is 0 Å². The molecule has 3 aliphatic rings. The van der Waals surface area contributed by atoms with Crippen LogP contribution in [0.5, 0.6) is 17.2 Å². The van der Waals surface area contributed by atoms with Gasteiger partial charge in [0.2, 0.25) is 12.7 Å². The van der Waals surface area contributed by atoms with Crippen molar-refractivity contribution in [3.05, 3.63) is 41.5 Å². The molecule has 5 rings (SSSR count). The molecular weight excluding hydrogens is 652 g/mol. The summed E-state index contributed by atoms with van der Waals surface area (Å²) >= 11 is 0. The lowest BCUT2D eigenvalue weighted by Crippen LogP contribution is -2.53. The van der Waals surface area contributed by atoms with E-state index in [2.05, 4.69) is 43.2 Å². The summed E-state index contributed by atoms with van der Waals surface area (Å²) in [5.74, 6) is 1.48. The van der Waals surface area contributed by atoms with Crippen molar-refractivity contribution >= 4 is 11.8 Å². The predicted octanol–water partition coefficient (Wildman–Crippen LogP) is 4.21. The van der Waals surface area contributed by atoms with Crippen LogP contribution in [0, 0.1) is 23.7 Å². The van der Waals surface area contributed by atoms with Gasteiger partial charge < -0.3 is 40.0 Å². The molecule has 2 amide bonds. The quantitative estimate of drug-likeness (QED) is 0.225. The minimum absolute atomic E-state index is 0.00807. The zero-order valence-electron chi connectivity index (χ0n) is 31.5. The Labute approximate surface area is 302 Å². The SMILES string of the molecule is COc1c(CN2O[C@@H](CO)[C@@H]([C@H](C)O)[C@H]2C(=O)N[C@H]2CCC[C@H](C)[C@@H]2C)cccc1-c1cc2c(c(C(=O)N[C@@H](CC(C)C)CN(C)C)c1)OCO2. The van der Waals surface area contributed by atoms with E-state index in [0.717, 1.165) is 31.2 Å². The molecule has 2 aromatic carbocycles. The molecule has 2 aromatic rings. The van der Waals surface area contributed by atoms with Gasteiger partial charge in [-0.3, -0.25) is 14.4 Å². The van der Waals surface area contributed by atoms with Gasteiger partial charge in [-0.2, -0.15) is 5.06 Å². The average Bonchev–Trinajstić information content (AvgIpc) is 3.70. The van der Waals surface area contributed by atoms with Crippen LogP contribution in [0.4, 0.5) is 0 Å². The highest BCUT2D eigenvalue weighted by Gasteiger charge is 2.50. The second-order valence-corrected chi connectivity index (χ2v) is 15.4. The molecule has 1 aliphatic carbocycles. The van der Waals surface area contributed by atoms with Crippen molar-refractivity contribution in [1.82, 2.24) is 20.6 Å². The Hall–Kier alpha value is -3.42. The van der Waals surface area contributed by atoms with E-state index < -0.39 is 24.2 Å². The maximum Gasteiger partial charge on any atom is 0.255 e. The number of aliphatic hydroxyl groups is 2. The first-order chi connectivity index (χ1) is 24.3. The fraction of sp³-hybridized carbons (Fsp3) is 0.641. The van der Waals surface area contributed by atoms with Crippen molar-refractivity contribution in [2.24, 2.45) is 23.7 Å². The topological polar surface area (TPSA) is 142 Å². The summed E-state index contributed by atoms with van der Waals surface area (Å²) < 4.78 is 17.6. The van der Waals surface area contributed by atoms with Crippen LogP contribution in [-0.4, -0.2) is 103 Å². The van der Waals surface area contributed by atoms with Crippen molar-refractivity contribution in [2.75, 3.05) is 41.1 Å². The third kappa shape index (κ3) is 8.80. The van der Waals surface area contributed by atoms with Crippen LogP contribution in [-0.2, 0) is 16.2 Å². The number of likely N-dealkylation sites (N-methyl/N-ethyl adjacent to an activating group) is 1. The normalized spacial score (nSPS) is 26.0. The zero-order chi connectivity index (χ0) is 37.0. The van der Waals surface area contributed by atoms with Crippen LogP contribution < -0.4 is 24.8 Å². The number of aliphatic hydroxyl groups excluding tert-OH is 2. The van der Waals surface area contributed by atoms with E-state index in [1.807, 2.05) is 38.4 Å². The first-order valence-electron chi connectivity index (χ1n) is 18.4. The number of nitrogens with zero attached hydrogens (tertiary/aromatic N) is 2. The Balaban J connectivity index is 1.46. The van der Waals surface area contributed by atoms with E-state index in [0.29, 0.717) is 58.2 Å². The summed E-state index contributed by atoms with van der Waals surface area (Å²) in [5, 5.41) is 29.2. The number of carbonyl (C=O) groups is 2. The van der Waals surface area contributed by atoms with E-state index >= 15 is 0 Å². The van der Waals surface area contributed by atoms with Gasteiger partial charge in [-0.05, 0) is 69.3 Å². The van der Waals surface area contributed by atoms with Gasteiger partial charge in [-0.1, -0.05) is 58.7 Å². The maximum absolute atomic E-state index is 14.1. The van der Waals surface area contributed by atoms with Crippen molar-refractivity contribution < 1.29 is 38.9 Å². The summed E-state index contributed by atoms with van der Waals surface area (Å²) in [7, 11) is 5.56. The molecule has 2 heterocycles. The molecule has 0 radical (unpaired) electrons. The number of hydrogen-bond acceptors (Lipinski definition) is 10. The van der Waals surface area contributed by atoms with Crippen molar-refractivity contribution in [3.8, 4) is 28.4 Å². The largest absolute Gasteiger partial charge is 0.496 e. The molecule has 8 atom stereocenters. The lowest BCUT2D eigenvalue weighted by Gasteiger charge is -2.36. The molecule has 0 unspecified atom stereocenters. The first-order valence-corrected chi connectivity index (χ1v) is 18.4. The Kier molecular flexibility index (Phi) is 12.9. The van der Waals surface area contributed by atoms with Crippen molar-refractivity contribution in [1.29, 1.82) is 0 Å². The Morgan fingerprint density at radius 1 is 1.12 bits per heavy atom. The first kappa shape index (κ1) is 38.8. The van der Waals surface area contributed by atoms with Crippen LogP contribution in [0.15, 0.2) is 30.3 Å². The Morgan fingerprint density at radius 2 is 1.88 bits per heavy atom. The van der Waals surface area contributed by atoms with Crippen molar-refractivity contribution in [3.63, 3.8) is 0 Å². The Morgan fingerprint density at radius 3 is 2.55 bits per heavy atom. The van der Waals surface area contributed by atoms with Gasteiger partial charge >= 0.3 is 0 Å². The van der Waals surface area contributed by atoms with Gasteiger partial charge in [0, 0.05) is 35.7 Å². The fourth-order valence-electron chi connectivity index (χ4n) is 8.06. The predicted molar refractivity (Wildman–Crippen MR) is 194 cm³/mol. The number of benzene rings is 2. The molecule has 282 valence electrons. The molecule has 12 nitrogen and oxygen atoms in total. The monoisotopic (exact) mass is 710 g/mol. The molecular formula is C39H58N4O8. The molecule has 51 heavy (non-hydrogen) atoms. The fourth-order valence-corrected chi connectivity index (χ4v) is 8.06. The number of fused-ring (bicyclic) bond motifs is 1. The molecule has 2 aliphatic heterocycles. The smallest absolute Gasteiger partial charge is 0.255 e. The van der Waals surface area contributed by atoms with Crippen molar-refractivity contribution in [2.45, 2.75) is 97.2 Å². The molecule has 2 fully saturated rings. The summed E-state index contributed by atoms with van der Waals surface area (Å²) in [6.45, 7) is 10.8. The molecule has 0 aromatic heterocycles. The van der Waals surface area contributed by atoms with E-state index in [1.54, 1.807) is 25.2 Å². The minimum Gasteiger partial charge on any atom is -0.496 e. The molecule has 1 saturated heterocycles.